The molecule has 2 aromatic heterocycles. The minimum atomic E-state index is 0.0564. The van der Waals surface area contributed by atoms with Gasteiger partial charge in [0.1, 0.15) is 17.2 Å². The van der Waals surface area contributed by atoms with Gasteiger partial charge in [-0.05, 0) is 36.8 Å². The molecule has 0 aliphatic carbocycles. The summed E-state index contributed by atoms with van der Waals surface area (Å²) in [7, 11) is 1.55. The van der Waals surface area contributed by atoms with E-state index in [1.54, 1.807) is 25.4 Å². The van der Waals surface area contributed by atoms with Crippen molar-refractivity contribution in [2.45, 2.75) is 6.92 Å². The molecule has 1 N–H and O–H groups in total. The van der Waals surface area contributed by atoms with Crippen molar-refractivity contribution in [3.63, 3.8) is 0 Å². The lowest BCUT2D eigenvalue weighted by Gasteiger charge is -2.03. The van der Waals surface area contributed by atoms with Gasteiger partial charge in [-0.3, -0.25) is 4.98 Å². The fourth-order valence-electron chi connectivity index (χ4n) is 1.96. The summed E-state index contributed by atoms with van der Waals surface area (Å²) in [5.41, 5.74) is 2.00. The molecule has 0 saturated carbocycles. The molecule has 106 valence electrons. The smallest absolute Gasteiger partial charge is 0.277 e. The lowest BCUT2D eigenvalue weighted by Crippen LogP contribution is -1.88. The fourth-order valence-corrected chi connectivity index (χ4v) is 1.96. The van der Waals surface area contributed by atoms with Crippen LogP contribution in [0.3, 0.4) is 0 Å². The summed E-state index contributed by atoms with van der Waals surface area (Å²) in [4.78, 5) is 8.52. The highest BCUT2D eigenvalue weighted by molar-refractivity contribution is 5.67. The summed E-state index contributed by atoms with van der Waals surface area (Å²) in [6.45, 7) is 1.91. The molecule has 0 radical (unpaired) electrons. The van der Waals surface area contributed by atoms with Crippen LogP contribution < -0.4 is 4.74 Å². The first-order valence-electron chi connectivity index (χ1n) is 6.32. The fraction of sp³-hybridized carbons (Fsp3) is 0.133. The molecule has 0 spiro atoms. The van der Waals surface area contributed by atoms with Gasteiger partial charge in [-0.1, -0.05) is 11.2 Å². The number of aromatic hydroxyl groups is 1. The number of rotatable bonds is 3. The first-order valence-corrected chi connectivity index (χ1v) is 6.32. The Morgan fingerprint density at radius 2 is 2.10 bits per heavy atom. The average Bonchev–Trinajstić information content (AvgIpc) is 2.97. The molecule has 2 heterocycles. The molecule has 0 unspecified atom stereocenters. The summed E-state index contributed by atoms with van der Waals surface area (Å²) in [5.74, 6) is 1.25. The summed E-state index contributed by atoms with van der Waals surface area (Å²) in [5, 5.41) is 13.8. The quantitative estimate of drug-likeness (QED) is 0.796. The standard InChI is InChI=1S/C15H13N3O3/c1-9-4-3-7-16-13(9)15-17-14(18-21-15)11-8-10(20-2)5-6-12(11)19/h3-8,19H,1-2H3. The van der Waals surface area contributed by atoms with Crippen LogP contribution in [0.4, 0.5) is 0 Å². The number of hydrogen-bond acceptors (Lipinski definition) is 6. The van der Waals surface area contributed by atoms with Crippen molar-refractivity contribution in [3.05, 3.63) is 42.1 Å². The van der Waals surface area contributed by atoms with Gasteiger partial charge in [0, 0.05) is 6.20 Å². The zero-order chi connectivity index (χ0) is 14.8. The maximum absolute atomic E-state index is 9.93. The molecular formula is C15H13N3O3. The van der Waals surface area contributed by atoms with Gasteiger partial charge in [0.25, 0.3) is 5.89 Å². The summed E-state index contributed by atoms with van der Waals surface area (Å²) in [6.07, 6.45) is 1.66. The molecule has 0 fully saturated rings. The number of nitrogens with zero attached hydrogens (tertiary/aromatic N) is 3. The van der Waals surface area contributed by atoms with Crippen molar-refractivity contribution in [1.29, 1.82) is 0 Å². The molecule has 0 aliphatic heterocycles. The highest BCUT2D eigenvalue weighted by Gasteiger charge is 2.16. The van der Waals surface area contributed by atoms with Gasteiger partial charge in [-0.2, -0.15) is 4.98 Å². The number of methoxy groups -OCH3 is 1. The van der Waals surface area contributed by atoms with E-state index in [2.05, 4.69) is 15.1 Å². The van der Waals surface area contributed by atoms with Crippen molar-refractivity contribution >= 4 is 0 Å². The Balaban J connectivity index is 2.05. The molecule has 0 atom stereocenters. The van der Waals surface area contributed by atoms with E-state index in [0.29, 0.717) is 22.9 Å². The highest BCUT2D eigenvalue weighted by atomic mass is 16.5. The third-order valence-electron chi connectivity index (χ3n) is 3.08. The molecule has 1 aromatic carbocycles. The van der Waals surface area contributed by atoms with Crippen LogP contribution in [0.1, 0.15) is 5.56 Å². The van der Waals surface area contributed by atoms with Crippen molar-refractivity contribution in [2.75, 3.05) is 7.11 Å². The number of aromatic nitrogens is 3. The van der Waals surface area contributed by atoms with E-state index >= 15 is 0 Å². The topological polar surface area (TPSA) is 81.3 Å². The molecule has 0 bridgehead atoms. The third-order valence-corrected chi connectivity index (χ3v) is 3.08. The van der Waals surface area contributed by atoms with Crippen molar-refractivity contribution < 1.29 is 14.4 Å². The molecule has 21 heavy (non-hydrogen) atoms. The first-order chi connectivity index (χ1) is 10.2. The van der Waals surface area contributed by atoms with Gasteiger partial charge in [0.05, 0.1) is 12.7 Å². The Kier molecular flexibility index (Phi) is 3.27. The van der Waals surface area contributed by atoms with Crippen LogP contribution in [-0.2, 0) is 0 Å². The molecular weight excluding hydrogens is 270 g/mol. The van der Waals surface area contributed by atoms with Crippen LogP contribution in [0.2, 0.25) is 0 Å². The van der Waals surface area contributed by atoms with Crippen LogP contribution in [0, 0.1) is 6.92 Å². The van der Waals surface area contributed by atoms with Crippen LogP contribution in [0.5, 0.6) is 11.5 Å². The molecule has 0 amide bonds. The molecule has 3 rings (SSSR count). The molecule has 0 aliphatic rings. The van der Waals surface area contributed by atoms with E-state index in [1.807, 2.05) is 19.1 Å². The monoisotopic (exact) mass is 283 g/mol. The van der Waals surface area contributed by atoms with Crippen molar-refractivity contribution in [3.8, 4) is 34.5 Å². The Hall–Kier alpha value is -2.89. The van der Waals surface area contributed by atoms with E-state index in [4.69, 9.17) is 9.26 Å². The van der Waals surface area contributed by atoms with E-state index in [-0.39, 0.29) is 11.6 Å². The SMILES string of the molecule is COc1ccc(O)c(-c2noc(-c3ncccc3C)n2)c1. The lowest BCUT2D eigenvalue weighted by molar-refractivity contribution is 0.412. The Morgan fingerprint density at radius 3 is 2.86 bits per heavy atom. The molecule has 6 nitrogen and oxygen atoms in total. The van der Waals surface area contributed by atoms with Crippen LogP contribution in [0.25, 0.3) is 23.0 Å². The second-order valence-electron chi connectivity index (χ2n) is 4.48. The van der Waals surface area contributed by atoms with Crippen LogP contribution in [0.15, 0.2) is 41.1 Å². The largest absolute Gasteiger partial charge is 0.507 e. The summed E-state index contributed by atoms with van der Waals surface area (Å²) in [6, 6.07) is 8.58. The number of pyridine rings is 1. The number of phenolic OH excluding ortho intramolecular Hbond substituents is 1. The normalized spacial score (nSPS) is 10.6. The molecule has 3 aromatic rings. The third kappa shape index (κ3) is 2.43. The van der Waals surface area contributed by atoms with E-state index in [1.165, 1.54) is 6.07 Å². The van der Waals surface area contributed by atoms with Crippen LogP contribution >= 0.6 is 0 Å². The Morgan fingerprint density at radius 1 is 1.24 bits per heavy atom. The summed E-state index contributed by atoms with van der Waals surface area (Å²) < 4.78 is 10.4. The minimum Gasteiger partial charge on any atom is -0.507 e. The van der Waals surface area contributed by atoms with Gasteiger partial charge in [-0.15, -0.1) is 0 Å². The van der Waals surface area contributed by atoms with Gasteiger partial charge in [-0.25, -0.2) is 0 Å². The number of phenols is 1. The zero-order valence-electron chi connectivity index (χ0n) is 11.6. The average molecular weight is 283 g/mol. The van der Waals surface area contributed by atoms with Gasteiger partial charge >= 0.3 is 0 Å². The maximum atomic E-state index is 9.93. The highest BCUT2D eigenvalue weighted by Crippen LogP contribution is 2.32. The zero-order valence-corrected chi connectivity index (χ0v) is 11.6. The van der Waals surface area contributed by atoms with Gasteiger partial charge in [0.2, 0.25) is 5.82 Å². The number of ether oxygens (including phenoxy) is 1. The molecule has 0 saturated heterocycles. The molecule has 6 heteroatoms. The van der Waals surface area contributed by atoms with E-state index in [0.717, 1.165) is 5.56 Å². The predicted molar refractivity (Wildman–Crippen MR) is 75.9 cm³/mol. The van der Waals surface area contributed by atoms with E-state index in [9.17, 15) is 5.11 Å². The first kappa shape index (κ1) is 13.1. The minimum absolute atomic E-state index is 0.0564. The summed E-state index contributed by atoms with van der Waals surface area (Å²) >= 11 is 0. The van der Waals surface area contributed by atoms with Gasteiger partial charge < -0.3 is 14.4 Å². The van der Waals surface area contributed by atoms with Crippen molar-refractivity contribution in [1.82, 2.24) is 15.1 Å². The predicted octanol–water partition coefficient (Wildman–Crippen LogP) is 2.82. The Bertz CT molecular complexity index is 783. The number of hydrogen-bond donors (Lipinski definition) is 1. The van der Waals surface area contributed by atoms with Gasteiger partial charge in [0.15, 0.2) is 0 Å². The lowest BCUT2D eigenvalue weighted by atomic mass is 10.2. The number of benzene rings is 1. The second kappa shape index (κ2) is 5.24. The Labute approximate surface area is 121 Å². The number of aryl methyl sites for hydroxylation is 1. The van der Waals surface area contributed by atoms with E-state index < -0.39 is 0 Å². The van der Waals surface area contributed by atoms with Crippen LogP contribution in [-0.4, -0.2) is 27.3 Å². The van der Waals surface area contributed by atoms with Crippen molar-refractivity contribution in [2.24, 2.45) is 0 Å². The second-order valence-corrected chi connectivity index (χ2v) is 4.48. The maximum Gasteiger partial charge on any atom is 0.277 e.